The molecule has 0 saturated carbocycles. The van der Waals surface area contributed by atoms with Crippen molar-refractivity contribution in [2.24, 2.45) is 0 Å². The normalized spacial score (nSPS) is 11.8. The van der Waals surface area contributed by atoms with Gasteiger partial charge in [-0.3, -0.25) is 4.79 Å². The quantitative estimate of drug-likeness (QED) is 0.150. The zero-order chi connectivity index (χ0) is 26.3. The van der Waals surface area contributed by atoms with Crippen molar-refractivity contribution in [1.82, 2.24) is 5.32 Å². The molecule has 0 aliphatic heterocycles. The van der Waals surface area contributed by atoms with Crippen LogP contribution in [0.4, 0.5) is 0 Å². The van der Waals surface area contributed by atoms with Crippen molar-refractivity contribution >= 4 is 5.91 Å². The minimum Gasteiger partial charge on any atom is -1.00 e. The molecule has 1 N–H and O–H groups in total. The molecule has 0 aliphatic carbocycles. The molecule has 6 heteroatoms. The van der Waals surface area contributed by atoms with Gasteiger partial charge in [0.05, 0.1) is 27.7 Å². The van der Waals surface area contributed by atoms with Crippen molar-refractivity contribution in [3.05, 3.63) is 96.1 Å². The van der Waals surface area contributed by atoms with Crippen molar-refractivity contribution in [3.8, 4) is 11.5 Å². The Morgan fingerprint density at radius 3 is 1.84 bits per heavy atom. The van der Waals surface area contributed by atoms with E-state index in [4.69, 9.17) is 9.47 Å². The summed E-state index contributed by atoms with van der Waals surface area (Å²) in [6.45, 7) is 2.03. The minimum absolute atomic E-state index is 0. The number of hydrogen-bond donors (Lipinski definition) is 1. The van der Waals surface area contributed by atoms with Gasteiger partial charge in [-0.05, 0) is 42.7 Å². The van der Waals surface area contributed by atoms with E-state index in [0.29, 0.717) is 11.1 Å². The topological polar surface area (TPSA) is 47.6 Å². The van der Waals surface area contributed by atoms with Crippen LogP contribution in [-0.4, -0.2) is 44.7 Å². The zero-order valence-electron chi connectivity index (χ0n) is 23.1. The first-order valence-electron chi connectivity index (χ1n) is 13.5. The van der Waals surface area contributed by atoms with Gasteiger partial charge in [-0.25, -0.2) is 0 Å². The molecule has 1 amide bonds. The average molecular weight is 631 g/mol. The lowest BCUT2D eigenvalue weighted by atomic mass is 10.0. The summed E-state index contributed by atoms with van der Waals surface area (Å²) in [7, 11) is 6.20. The van der Waals surface area contributed by atoms with Gasteiger partial charge in [0, 0.05) is 12.1 Å². The van der Waals surface area contributed by atoms with E-state index in [-0.39, 0.29) is 35.9 Å². The second-order valence-corrected chi connectivity index (χ2v) is 10.4. The Bertz CT molecular complexity index is 1040. The lowest BCUT2D eigenvalue weighted by Crippen LogP contribution is -3.00. The molecule has 5 nitrogen and oxygen atoms in total. The number of unbranched alkanes of at least 4 members (excludes halogenated alkanes) is 5. The summed E-state index contributed by atoms with van der Waals surface area (Å²) in [5.41, 5.74) is 2.21. The number of carbonyl (C=O) groups is 1. The van der Waals surface area contributed by atoms with Gasteiger partial charge in [-0.2, -0.15) is 0 Å². The van der Waals surface area contributed by atoms with Crippen molar-refractivity contribution in [1.29, 1.82) is 0 Å². The minimum atomic E-state index is -0.195. The molecule has 3 aromatic rings. The first kappa shape index (κ1) is 31.6. The molecule has 0 aliphatic rings. The number of nitrogens with one attached hydrogen (secondary N) is 1. The Kier molecular flexibility index (Phi) is 14.2. The summed E-state index contributed by atoms with van der Waals surface area (Å²) >= 11 is 0. The molecule has 1 atom stereocenters. The Hall–Kier alpha value is -2.58. The highest BCUT2D eigenvalue weighted by molar-refractivity contribution is 5.82. The van der Waals surface area contributed by atoms with Gasteiger partial charge < -0.3 is 43.3 Å². The second kappa shape index (κ2) is 17.1. The van der Waals surface area contributed by atoms with Crippen LogP contribution in [0, 0.1) is 0 Å². The van der Waals surface area contributed by atoms with Crippen LogP contribution in [0.15, 0.2) is 84.9 Å². The molecule has 3 aromatic carbocycles. The standard InChI is InChI=1S/C32H42N2O3.HI/c1-34(2,3)31(28-18-12-9-13-19-28)32(35)33-24-14-6-4-5-7-15-25-36-29-20-22-30(23-21-29)37-26-27-16-10-8-11-17-27;/h8-13,16-23,31H,4-7,14-15,24-26H2,1-3H3;1H. The molecule has 0 radical (unpaired) electrons. The van der Waals surface area contributed by atoms with Gasteiger partial charge in [-0.1, -0.05) is 86.3 Å². The maximum Gasteiger partial charge on any atom is 0.283 e. The average Bonchev–Trinajstić information content (AvgIpc) is 2.90. The van der Waals surface area contributed by atoms with E-state index in [1.165, 1.54) is 12.8 Å². The number of halogens is 1. The Balaban J connectivity index is 0.00000507. The van der Waals surface area contributed by atoms with Crippen LogP contribution in [0.2, 0.25) is 0 Å². The van der Waals surface area contributed by atoms with E-state index in [9.17, 15) is 4.79 Å². The van der Waals surface area contributed by atoms with Crippen LogP contribution >= 0.6 is 0 Å². The molecule has 0 fully saturated rings. The number of rotatable bonds is 16. The maximum atomic E-state index is 12.9. The van der Waals surface area contributed by atoms with E-state index in [1.807, 2.05) is 72.8 Å². The lowest BCUT2D eigenvalue weighted by Gasteiger charge is -2.33. The second-order valence-electron chi connectivity index (χ2n) is 10.4. The van der Waals surface area contributed by atoms with Crippen LogP contribution in [0.3, 0.4) is 0 Å². The van der Waals surface area contributed by atoms with Crippen molar-refractivity contribution in [2.45, 2.75) is 51.2 Å². The maximum absolute atomic E-state index is 12.9. The molecular weight excluding hydrogens is 587 g/mol. The summed E-state index contributed by atoms with van der Waals surface area (Å²) < 4.78 is 12.3. The molecular formula is C32H43IN2O3. The SMILES string of the molecule is C[N+](C)(C)C(C(=O)NCCCCCCCCOc1ccc(OCc2ccccc2)cc1)c1ccccc1.[I-]. The number of benzene rings is 3. The zero-order valence-corrected chi connectivity index (χ0v) is 25.2. The highest BCUT2D eigenvalue weighted by Crippen LogP contribution is 2.23. The predicted octanol–water partition coefficient (Wildman–Crippen LogP) is 3.55. The lowest BCUT2D eigenvalue weighted by molar-refractivity contribution is -0.892. The van der Waals surface area contributed by atoms with E-state index >= 15 is 0 Å². The molecule has 0 heterocycles. The Labute approximate surface area is 246 Å². The Morgan fingerprint density at radius 2 is 1.24 bits per heavy atom. The molecule has 0 aromatic heterocycles. The highest BCUT2D eigenvalue weighted by Gasteiger charge is 2.32. The number of likely N-dealkylation sites (N-methyl/N-ethyl adjacent to an activating group) is 1. The Morgan fingerprint density at radius 1 is 0.711 bits per heavy atom. The summed E-state index contributed by atoms with van der Waals surface area (Å²) in [6.07, 6.45) is 6.72. The predicted molar refractivity (Wildman–Crippen MR) is 151 cm³/mol. The van der Waals surface area contributed by atoms with Gasteiger partial charge in [0.1, 0.15) is 18.1 Å². The third kappa shape index (κ3) is 11.4. The summed E-state index contributed by atoms with van der Waals surface area (Å²) in [6, 6.07) is 27.9. The van der Waals surface area contributed by atoms with Crippen LogP contribution in [-0.2, 0) is 11.4 Å². The first-order valence-corrected chi connectivity index (χ1v) is 13.5. The van der Waals surface area contributed by atoms with Crippen molar-refractivity contribution in [2.75, 3.05) is 34.3 Å². The summed E-state index contributed by atoms with van der Waals surface area (Å²) in [5, 5.41) is 3.15. The molecule has 206 valence electrons. The third-order valence-corrected chi connectivity index (χ3v) is 6.35. The van der Waals surface area contributed by atoms with Gasteiger partial charge >= 0.3 is 0 Å². The molecule has 38 heavy (non-hydrogen) atoms. The van der Waals surface area contributed by atoms with Crippen LogP contribution in [0.1, 0.15) is 55.7 Å². The van der Waals surface area contributed by atoms with Gasteiger partial charge in [0.25, 0.3) is 5.91 Å². The van der Waals surface area contributed by atoms with Crippen LogP contribution < -0.4 is 38.8 Å². The van der Waals surface area contributed by atoms with Gasteiger partial charge in [0.15, 0.2) is 6.04 Å². The molecule has 1 unspecified atom stereocenters. The molecule has 0 bridgehead atoms. The summed E-state index contributed by atoms with van der Waals surface area (Å²) in [5.74, 6) is 1.83. The fourth-order valence-electron chi connectivity index (χ4n) is 4.39. The molecule has 3 rings (SSSR count). The fraction of sp³-hybridized carbons (Fsp3) is 0.406. The van der Waals surface area contributed by atoms with Gasteiger partial charge in [0.2, 0.25) is 0 Å². The monoisotopic (exact) mass is 630 g/mol. The largest absolute Gasteiger partial charge is 1.00 e. The van der Waals surface area contributed by atoms with E-state index in [1.54, 1.807) is 0 Å². The number of quaternary nitrogens is 1. The number of hydrogen-bond acceptors (Lipinski definition) is 3. The van der Waals surface area contributed by atoms with Crippen LogP contribution in [0.5, 0.6) is 11.5 Å². The molecule has 0 spiro atoms. The number of carbonyl (C=O) groups excluding carboxylic acids is 1. The number of amides is 1. The van der Waals surface area contributed by atoms with Crippen LogP contribution in [0.25, 0.3) is 0 Å². The number of nitrogens with zero attached hydrogens (tertiary/aromatic N) is 1. The third-order valence-electron chi connectivity index (χ3n) is 6.35. The highest BCUT2D eigenvalue weighted by atomic mass is 127. The number of ether oxygens (including phenoxy) is 2. The van der Waals surface area contributed by atoms with E-state index < -0.39 is 0 Å². The van der Waals surface area contributed by atoms with Gasteiger partial charge in [-0.15, -0.1) is 0 Å². The summed E-state index contributed by atoms with van der Waals surface area (Å²) in [4.78, 5) is 12.9. The van der Waals surface area contributed by atoms with E-state index in [2.05, 4.69) is 38.6 Å². The van der Waals surface area contributed by atoms with Crippen molar-refractivity contribution < 1.29 is 42.7 Å². The first-order chi connectivity index (χ1) is 17.9. The fourth-order valence-corrected chi connectivity index (χ4v) is 4.39. The smallest absolute Gasteiger partial charge is 0.283 e. The van der Waals surface area contributed by atoms with E-state index in [0.717, 1.165) is 61.5 Å². The molecule has 0 saturated heterocycles. The van der Waals surface area contributed by atoms with Crippen molar-refractivity contribution in [3.63, 3.8) is 0 Å².